The summed E-state index contributed by atoms with van der Waals surface area (Å²) >= 11 is 0. The van der Waals surface area contributed by atoms with Gasteiger partial charge in [-0.2, -0.15) is 14.0 Å². The van der Waals surface area contributed by atoms with Crippen LogP contribution in [0.5, 0.6) is 0 Å². The molecule has 2 rings (SSSR count). The Bertz CT molecular complexity index is 359. The highest BCUT2D eigenvalue weighted by atomic mass is 35.7. The van der Waals surface area contributed by atoms with Crippen molar-refractivity contribution in [2.24, 2.45) is 0 Å². The van der Waals surface area contributed by atoms with E-state index in [0.717, 1.165) is 0 Å². The standard InChI is InChI=1S/C8H7N.ClHO4/c1-2-6-9-7-3-5-8(9)4-1;2-1(3,4)5/h1-7H;(H,2,3,4,5). The van der Waals surface area contributed by atoms with E-state index in [4.69, 9.17) is 18.6 Å². The topological polar surface area (TPSA) is 93.8 Å². The molecule has 0 bridgehead atoms. The molecule has 0 unspecified atom stereocenters. The highest BCUT2D eigenvalue weighted by molar-refractivity contribution is 5.46. The highest BCUT2D eigenvalue weighted by Crippen LogP contribution is 2.01. The first-order valence-corrected chi connectivity index (χ1v) is 4.88. The molecule has 0 atom stereocenters. The molecule has 1 N–H and O–H groups in total. The molecule has 76 valence electrons. The molecule has 2 aromatic heterocycles. The van der Waals surface area contributed by atoms with Gasteiger partial charge in [0.25, 0.3) is 0 Å². The lowest BCUT2D eigenvalue weighted by Crippen LogP contribution is -2.58. The van der Waals surface area contributed by atoms with Crippen LogP contribution >= 0.6 is 0 Å². The predicted octanol–water partition coefficient (Wildman–Crippen LogP) is -2.18. The van der Waals surface area contributed by atoms with Crippen LogP contribution in [-0.2, 0) is 0 Å². The SMILES string of the molecule is [O-][Cl+3]([O-])([O-])O.c1ccn2cccc2c1. The van der Waals surface area contributed by atoms with Gasteiger partial charge in [-0.15, -0.1) is 0 Å². The zero-order valence-corrected chi connectivity index (χ0v) is 7.79. The van der Waals surface area contributed by atoms with Crippen LogP contribution in [-0.4, -0.2) is 9.06 Å². The summed E-state index contributed by atoms with van der Waals surface area (Å²) < 4.78 is 34.8. The van der Waals surface area contributed by atoms with Crippen molar-refractivity contribution >= 4 is 5.52 Å². The molecule has 6 heteroatoms. The quantitative estimate of drug-likeness (QED) is 0.543. The third-order valence-electron chi connectivity index (χ3n) is 1.44. The molecular formula is C8H8ClNO4. The highest BCUT2D eigenvalue weighted by Gasteiger charge is 1.98. The minimum absolute atomic E-state index is 1.25. The summed E-state index contributed by atoms with van der Waals surface area (Å²) in [6, 6.07) is 10.3. The zero-order chi connectivity index (χ0) is 10.6. The van der Waals surface area contributed by atoms with E-state index in [0.29, 0.717) is 0 Å². The first-order chi connectivity index (χ1) is 6.47. The summed E-state index contributed by atoms with van der Waals surface area (Å²) in [5, 5.41) is 0. The van der Waals surface area contributed by atoms with Crippen molar-refractivity contribution in [1.82, 2.24) is 4.40 Å². The molecule has 5 nitrogen and oxygen atoms in total. The molecule has 0 saturated heterocycles. The molecule has 0 aliphatic carbocycles. The Labute approximate surface area is 82.2 Å². The van der Waals surface area contributed by atoms with E-state index in [9.17, 15) is 0 Å². The number of aromatic nitrogens is 1. The molecule has 2 aromatic rings. The van der Waals surface area contributed by atoms with Gasteiger partial charge in [-0.25, -0.2) is 0 Å². The number of rotatable bonds is 0. The summed E-state index contributed by atoms with van der Waals surface area (Å²) in [6.07, 6.45) is 4.07. The summed E-state index contributed by atoms with van der Waals surface area (Å²) in [4.78, 5) is 0. The van der Waals surface area contributed by atoms with E-state index in [1.807, 2.05) is 30.6 Å². The van der Waals surface area contributed by atoms with Crippen LogP contribution in [0.4, 0.5) is 0 Å². The average Bonchev–Trinajstić information content (AvgIpc) is 2.47. The lowest BCUT2D eigenvalue weighted by molar-refractivity contribution is -1.92. The third kappa shape index (κ3) is 4.22. The maximum atomic E-state index is 8.60. The Hall–Kier alpha value is -1.11. The Morgan fingerprint density at radius 2 is 1.50 bits per heavy atom. The van der Waals surface area contributed by atoms with Crippen LogP contribution in [0.1, 0.15) is 0 Å². The zero-order valence-electron chi connectivity index (χ0n) is 7.04. The van der Waals surface area contributed by atoms with Crippen LogP contribution in [0.25, 0.3) is 5.52 Å². The number of halogens is 1. The summed E-state index contributed by atoms with van der Waals surface area (Å²) in [7, 11) is -4.69. The number of pyridine rings is 1. The summed E-state index contributed by atoms with van der Waals surface area (Å²) in [6.45, 7) is 0. The van der Waals surface area contributed by atoms with Gasteiger partial charge >= 0.3 is 0 Å². The van der Waals surface area contributed by atoms with Crippen LogP contribution in [0.15, 0.2) is 42.7 Å². The average molecular weight is 218 g/mol. The van der Waals surface area contributed by atoms with Crippen molar-refractivity contribution in [3.63, 3.8) is 0 Å². The molecule has 0 fully saturated rings. The van der Waals surface area contributed by atoms with Gasteiger partial charge in [-0.05, 0) is 24.3 Å². The van der Waals surface area contributed by atoms with Crippen LogP contribution < -0.4 is 14.0 Å². The second kappa shape index (κ2) is 4.41. The number of fused-ring (bicyclic) bond motifs is 1. The van der Waals surface area contributed by atoms with E-state index in [1.165, 1.54) is 5.52 Å². The van der Waals surface area contributed by atoms with Crippen molar-refractivity contribution in [2.45, 2.75) is 0 Å². The van der Waals surface area contributed by atoms with Gasteiger partial charge in [-0.1, -0.05) is 6.07 Å². The van der Waals surface area contributed by atoms with Crippen molar-refractivity contribution in [3.8, 4) is 0 Å². The van der Waals surface area contributed by atoms with E-state index >= 15 is 0 Å². The Morgan fingerprint density at radius 1 is 1.00 bits per heavy atom. The summed E-state index contributed by atoms with van der Waals surface area (Å²) in [5.41, 5.74) is 1.25. The molecule has 0 radical (unpaired) electrons. The van der Waals surface area contributed by atoms with Gasteiger partial charge in [0.1, 0.15) is 0 Å². The van der Waals surface area contributed by atoms with Gasteiger partial charge in [-0.3, -0.25) is 0 Å². The third-order valence-corrected chi connectivity index (χ3v) is 1.44. The monoisotopic (exact) mass is 217 g/mol. The lowest BCUT2D eigenvalue weighted by Gasteiger charge is -2.03. The number of hydrogen-bond donors (Lipinski definition) is 1. The van der Waals surface area contributed by atoms with Crippen LogP contribution in [0, 0.1) is 10.2 Å². The van der Waals surface area contributed by atoms with Crippen LogP contribution in [0.2, 0.25) is 0 Å². The van der Waals surface area contributed by atoms with Gasteiger partial charge < -0.3 is 4.40 Å². The smallest absolute Gasteiger partial charge is 0.0777 e. The fourth-order valence-corrected chi connectivity index (χ4v) is 0.980. The van der Waals surface area contributed by atoms with E-state index < -0.39 is 10.2 Å². The molecule has 0 aliphatic rings. The Balaban J connectivity index is 0.000000171. The van der Waals surface area contributed by atoms with Crippen molar-refractivity contribution in [2.75, 3.05) is 0 Å². The number of nitrogens with zero attached hydrogens (tertiary/aromatic N) is 1. The second-order valence-electron chi connectivity index (χ2n) is 2.44. The lowest BCUT2D eigenvalue weighted by atomic mass is 10.4. The van der Waals surface area contributed by atoms with Crippen LogP contribution in [0.3, 0.4) is 0 Å². The number of hydrogen-bond acceptors (Lipinski definition) is 4. The molecule has 14 heavy (non-hydrogen) atoms. The van der Waals surface area contributed by atoms with Crippen molar-refractivity contribution in [3.05, 3.63) is 42.7 Å². The van der Waals surface area contributed by atoms with E-state index in [2.05, 4.69) is 16.5 Å². The van der Waals surface area contributed by atoms with Gasteiger partial charge in [0.05, 0.1) is 14.9 Å². The molecule has 0 amide bonds. The van der Waals surface area contributed by atoms with E-state index in [1.54, 1.807) is 0 Å². The maximum absolute atomic E-state index is 8.60. The largest absolute Gasteiger partial charge is 0.324 e. The van der Waals surface area contributed by atoms with E-state index in [-0.39, 0.29) is 0 Å². The molecule has 2 heterocycles. The normalized spacial score (nSPS) is 10.9. The minimum Gasteiger partial charge on any atom is -0.324 e. The maximum Gasteiger partial charge on any atom is 0.0777 e. The molecule has 0 spiro atoms. The predicted molar refractivity (Wildman–Crippen MR) is 39.6 cm³/mol. The van der Waals surface area contributed by atoms with Crippen molar-refractivity contribution in [1.29, 1.82) is 0 Å². The second-order valence-corrected chi connectivity index (χ2v) is 3.23. The summed E-state index contributed by atoms with van der Waals surface area (Å²) in [5.74, 6) is 0. The van der Waals surface area contributed by atoms with Gasteiger partial charge in [0.15, 0.2) is 0 Å². The molecular weight excluding hydrogens is 210 g/mol. The Morgan fingerprint density at radius 3 is 2.07 bits per heavy atom. The Kier molecular flexibility index (Phi) is 3.45. The minimum atomic E-state index is -4.69. The van der Waals surface area contributed by atoms with Crippen molar-refractivity contribution < 1.29 is 28.9 Å². The first kappa shape index (κ1) is 11.0. The molecule has 0 saturated carbocycles. The fraction of sp³-hybridized carbons (Fsp3) is 0. The first-order valence-electron chi connectivity index (χ1n) is 3.62. The fourth-order valence-electron chi connectivity index (χ4n) is 0.980. The molecule has 0 aliphatic heterocycles. The van der Waals surface area contributed by atoms with Gasteiger partial charge in [0, 0.05) is 17.9 Å². The van der Waals surface area contributed by atoms with Gasteiger partial charge in [0.2, 0.25) is 0 Å². The molecule has 0 aromatic carbocycles.